The van der Waals surface area contributed by atoms with Gasteiger partial charge in [-0.2, -0.15) is 0 Å². The molecule has 1 atom stereocenters. The summed E-state index contributed by atoms with van der Waals surface area (Å²) in [4.78, 5) is 7.35. The highest BCUT2D eigenvalue weighted by molar-refractivity contribution is 14.0. The van der Waals surface area contributed by atoms with Gasteiger partial charge in [-0.1, -0.05) is 18.6 Å². The first-order valence-corrected chi connectivity index (χ1v) is 10.6. The Hall–Kier alpha value is -1.22. The van der Waals surface area contributed by atoms with Crippen molar-refractivity contribution in [1.29, 1.82) is 0 Å². The molecule has 0 amide bonds. The SMILES string of the molecule is CCNC(=NCC1(CCOC)CCC1)NC1CCN(c2ccccc2OC)C1.I. The quantitative estimate of drug-likeness (QED) is 0.298. The molecule has 1 saturated carbocycles. The van der Waals surface area contributed by atoms with E-state index in [4.69, 9.17) is 14.5 Å². The minimum atomic E-state index is 0. The highest BCUT2D eigenvalue weighted by atomic mass is 127. The van der Waals surface area contributed by atoms with Crippen molar-refractivity contribution in [1.82, 2.24) is 10.6 Å². The number of benzene rings is 1. The predicted octanol–water partition coefficient (Wildman–Crippen LogP) is 3.65. The lowest BCUT2D eigenvalue weighted by atomic mass is 9.67. The summed E-state index contributed by atoms with van der Waals surface area (Å²) in [6.45, 7) is 6.69. The maximum absolute atomic E-state index is 5.53. The second kappa shape index (κ2) is 11.8. The van der Waals surface area contributed by atoms with Crippen LogP contribution in [0.3, 0.4) is 0 Å². The Bertz CT molecular complexity index is 651. The van der Waals surface area contributed by atoms with Crippen LogP contribution < -0.4 is 20.3 Å². The maximum Gasteiger partial charge on any atom is 0.191 e. The van der Waals surface area contributed by atoms with Crippen molar-refractivity contribution >= 4 is 35.6 Å². The van der Waals surface area contributed by atoms with Gasteiger partial charge in [0.25, 0.3) is 0 Å². The zero-order chi connectivity index (χ0) is 19.8. The average molecular weight is 516 g/mol. The summed E-state index contributed by atoms with van der Waals surface area (Å²) in [7, 11) is 3.52. The highest BCUT2D eigenvalue weighted by Gasteiger charge is 2.36. The molecule has 1 aromatic rings. The molecule has 7 heteroatoms. The van der Waals surface area contributed by atoms with Gasteiger partial charge in [0.15, 0.2) is 5.96 Å². The number of rotatable bonds is 9. The van der Waals surface area contributed by atoms with Crippen LogP contribution in [0.4, 0.5) is 5.69 Å². The second-order valence-electron chi connectivity index (χ2n) is 8.04. The second-order valence-corrected chi connectivity index (χ2v) is 8.04. The van der Waals surface area contributed by atoms with Crippen LogP contribution in [0.15, 0.2) is 29.3 Å². The largest absolute Gasteiger partial charge is 0.495 e. The predicted molar refractivity (Wildman–Crippen MR) is 131 cm³/mol. The summed E-state index contributed by atoms with van der Waals surface area (Å²) in [5.74, 6) is 1.88. The number of halogens is 1. The minimum absolute atomic E-state index is 0. The van der Waals surface area contributed by atoms with E-state index in [1.54, 1.807) is 14.2 Å². The van der Waals surface area contributed by atoms with Crippen LogP contribution in [0.25, 0.3) is 0 Å². The minimum Gasteiger partial charge on any atom is -0.495 e. The molecule has 1 unspecified atom stereocenters. The molecule has 6 nitrogen and oxygen atoms in total. The van der Waals surface area contributed by atoms with Gasteiger partial charge in [-0.25, -0.2) is 0 Å². The molecule has 1 saturated heterocycles. The van der Waals surface area contributed by atoms with Crippen molar-refractivity contribution in [2.24, 2.45) is 10.4 Å². The van der Waals surface area contributed by atoms with Gasteiger partial charge in [-0.15, -0.1) is 24.0 Å². The van der Waals surface area contributed by atoms with E-state index >= 15 is 0 Å². The molecule has 2 aliphatic rings. The molecule has 1 aliphatic heterocycles. The lowest BCUT2D eigenvalue weighted by molar-refractivity contribution is 0.0778. The highest BCUT2D eigenvalue weighted by Crippen LogP contribution is 2.44. The molecule has 0 bridgehead atoms. The van der Waals surface area contributed by atoms with E-state index in [2.05, 4.69) is 34.6 Å². The number of methoxy groups -OCH3 is 2. The Labute approximate surface area is 192 Å². The van der Waals surface area contributed by atoms with Crippen molar-refractivity contribution in [2.75, 3.05) is 51.9 Å². The number of para-hydroxylation sites is 2. The lowest BCUT2D eigenvalue weighted by Crippen LogP contribution is -2.45. The number of nitrogens with one attached hydrogen (secondary N) is 2. The summed E-state index contributed by atoms with van der Waals surface area (Å²) in [6, 6.07) is 8.64. The fraction of sp³-hybridized carbons (Fsp3) is 0.682. The fourth-order valence-corrected chi connectivity index (χ4v) is 4.23. The molecular formula is C22H37IN4O2. The van der Waals surface area contributed by atoms with Crippen molar-refractivity contribution in [3.63, 3.8) is 0 Å². The molecule has 29 heavy (non-hydrogen) atoms. The van der Waals surface area contributed by atoms with Gasteiger partial charge >= 0.3 is 0 Å². The monoisotopic (exact) mass is 516 g/mol. The normalized spacial score (nSPS) is 20.6. The Morgan fingerprint density at radius 2 is 2.07 bits per heavy atom. The number of nitrogens with zero attached hydrogens (tertiary/aromatic N) is 2. The van der Waals surface area contributed by atoms with Crippen molar-refractivity contribution in [3.8, 4) is 5.75 Å². The van der Waals surface area contributed by atoms with Crippen LogP contribution >= 0.6 is 24.0 Å². The van der Waals surface area contributed by atoms with Crippen LogP contribution in [0.5, 0.6) is 5.75 Å². The number of hydrogen-bond acceptors (Lipinski definition) is 4. The smallest absolute Gasteiger partial charge is 0.191 e. The van der Waals surface area contributed by atoms with E-state index in [9.17, 15) is 0 Å². The first-order valence-electron chi connectivity index (χ1n) is 10.6. The fourth-order valence-electron chi connectivity index (χ4n) is 4.23. The number of aliphatic imine (C=N–C) groups is 1. The van der Waals surface area contributed by atoms with Crippen LogP contribution in [0, 0.1) is 5.41 Å². The van der Waals surface area contributed by atoms with Gasteiger partial charge in [-0.05, 0) is 50.2 Å². The molecule has 3 rings (SSSR count). The van der Waals surface area contributed by atoms with E-state index in [1.165, 1.54) is 24.9 Å². The third kappa shape index (κ3) is 6.38. The van der Waals surface area contributed by atoms with Crippen molar-refractivity contribution in [3.05, 3.63) is 24.3 Å². The third-order valence-electron chi connectivity index (χ3n) is 6.12. The molecule has 1 aliphatic carbocycles. The summed E-state index contributed by atoms with van der Waals surface area (Å²) < 4.78 is 10.8. The van der Waals surface area contributed by atoms with E-state index < -0.39 is 0 Å². The summed E-state index contributed by atoms with van der Waals surface area (Å²) >= 11 is 0. The Balaban J connectivity index is 0.00000300. The summed E-state index contributed by atoms with van der Waals surface area (Å²) in [6.07, 6.45) is 6.06. The van der Waals surface area contributed by atoms with Gasteiger partial charge in [0.1, 0.15) is 5.75 Å². The van der Waals surface area contributed by atoms with Crippen molar-refractivity contribution in [2.45, 2.75) is 45.1 Å². The number of ether oxygens (including phenoxy) is 2. The van der Waals surface area contributed by atoms with E-state index in [0.29, 0.717) is 11.5 Å². The van der Waals surface area contributed by atoms with Gasteiger partial charge in [-0.3, -0.25) is 4.99 Å². The average Bonchev–Trinajstić information content (AvgIpc) is 3.15. The molecule has 1 heterocycles. The number of anilines is 1. The van der Waals surface area contributed by atoms with Gasteiger partial charge in [0.05, 0.1) is 12.8 Å². The zero-order valence-electron chi connectivity index (χ0n) is 18.1. The maximum atomic E-state index is 5.53. The molecule has 1 aromatic carbocycles. The summed E-state index contributed by atoms with van der Waals surface area (Å²) in [5, 5.41) is 7.08. The Kier molecular flexibility index (Phi) is 9.82. The first-order chi connectivity index (χ1) is 13.7. The number of guanidine groups is 1. The van der Waals surface area contributed by atoms with Crippen molar-refractivity contribution < 1.29 is 9.47 Å². The van der Waals surface area contributed by atoms with Crippen LogP contribution in [0.1, 0.15) is 39.0 Å². The molecule has 0 radical (unpaired) electrons. The van der Waals surface area contributed by atoms with Crippen LogP contribution in [0.2, 0.25) is 0 Å². The Morgan fingerprint density at radius 3 is 2.72 bits per heavy atom. The Morgan fingerprint density at radius 1 is 1.28 bits per heavy atom. The van der Waals surface area contributed by atoms with E-state index in [1.807, 2.05) is 12.1 Å². The standard InChI is InChI=1S/C22H36N4O2.HI/c1-4-23-21(24-17-22(11-7-12-22)13-15-27-2)25-18-10-14-26(16-18)19-8-5-6-9-20(19)28-3;/h5-6,8-9,18H,4,7,10-17H2,1-3H3,(H2,23,24,25);1H. The zero-order valence-corrected chi connectivity index (χ0v) is 20.4. The lowest BCUT2D eigenvalue weighted by Gasteiger charge is -2.41. The molecule has 0 aromatic heterocycles. The third-order valence-corrected chi connectivity index (χ3v) is 6.12. The summed E-state index contributed by atoms with van der Waals surface area (Å²) in [5.41, 5.74) is 1.52. The molecular weight excluding hydrogens is 479 g/mol. The molecule has 2 N–H and O–H groups in total. The van der Waals surface area contributed by atoms with Gasteiger partial charge in [0.2, 0.25) is 0 Å². The molecule has 2 fully saturated rings. The number of hydrogen-bond donors (Lipinski definition) is 2. The van der Waals surface area contributed by atoms with Crippen LogP contribution in [-0.4, -0.2) is 59.0 Å². The van der Waals surface area contributed by atoms with Gasteiger partial charge < -0.3 is 25.0 Å². The van der Waals surface area contributed by atoms with E-state index in [0.717, 1.165) is 57.3 Å². The topological polar surface area (TPSA) is 58.1 Å². The first kappa shape index (κ1) is 24.1. The van der Waals surface area contributed by atoms with E-state index in [-0.39, 0.29) is 24.0 Å². The molecule has 164 valence electrons. The van der Waals surface area contributed by atoms with Gasteiger partial charge in [0, 0.05) is 45.9 Å². The van der Waals surface area contributed by atoms with Crippen LogP contribution in [-0.2, 0) is 4.74 Å². The molecule has 0 spiro atoms.